The van der Waals surface area contributed by atoms with E-state index in [-0.39, 0.29) is 0 Å². The fourth-order valence-electron chi connectivity index (χ4n) is 1.68. The number of methoxy groups -OCH3 is 1. The van der Waals surface area contributed by atoms with E-state index in [0.717, 1.165) is 24.5 Å². The largest absolute Gasteiger partial charge is 0.497 e. The highest BCUT2D eigenvalue weighted by Crippen LogP contribution is 2.26. The molecule has 0 spiro atoms. The molecule has 0 bridgehead atoms. The summed E-state index contributed by atoms with van der Waals surface area (Å²) in [6, 6.07) is 9.23. The fourth-order valence-corrected chi connectivity index (χ4v) is 2.05. The second-order valence-electron chi connectivity index (χ2n) is 4.29. The van der Waals surface area contributed by atoms with E-state index in [0.29, 0.717) is 16.8 Å². The summed E-state index contributed by atoms with van der Waals surface area (Å²) in [6.45, 7) is 2.97. The lowest BCUT2D eigenvalue weighted by atomic mass is 10.3. The number of ether oxygens (including phenoxy) is 2. The van der Waals surface area contributed by atoms with Crippen LogP contribution in [0.4, 0.5) is 5.82 Å². The maximum Gasteiger partial charge on any atom is 0.225 e. The van der Waals surface area contributed by atoms with Gasteiger partial charge in [-0.1, -0.05) is 24.8 Å². The highest BCUT2D eigenvalue weighted by atomic mass is 32.2. The van der Waals surface area contributed by atoms with E-state index >= 15 is 0 Å². The van der Waals surface area contributed by atoms with Gasteiger partial charge in [-0.15, -0.1) is 0 Å². The van der Waals surface area contributed by atoms with Gasteiger partial charge in [0.2, 0.25) is 5.88 Å². The van der Waals surface area contributed by atoms with Crippen molar-refractivity contribution >= 4 is 17.6 Å². The van der Waals surface area contributed by atoms with Crippen molar-refractivity contribution in [1.29, 1.82) is 0 Å². The Morgan fingerprint density at radius 1 is 1.19 bits per heavy atom. The Morgan fingerprint density at radius 2 is 2.00 bits per heavy atom. The van der Waals surface area contributed by atoms with Crippen LogP contribution in [0.2, 0.25) is 0 Å². The van der Waals surface area contributed by atoms with Crippen molar-refractivity contribution in [3.8, 4) is 17.4 Å². The summed E-state index contributed by atoms with van der Waals surface area (Å²) in [6.07, 6.45) is 2.97. The second-order valence-corrected chi connectivity index (χ2v) is 5.06. The SMILES string of the molecule is CCCNc1cc(Oc2cccc(OC)c2)nc(SC)n1. The van der Waals surface area contributed by atoms with Gasteiger partial charge < -0.3 is 14.8 Å². The van der Waals surface area contributed by atoms with E-state index in [2.05, 4.69) is 22.2 Å². The molecule has 2 rings (SSSR count). The average molecular weight is 305 g/mol. The molecule has 1 aromatic heterocycles. The molecule has 0 amide bonds. The third kappa shape index (κ3) is 4.53. The summed E-state index contributed by atoms with van der Waals surface area (Å²) < 4.78 is 11.0. The first-order valence-corrected chi connectivity index (χ1v) is 7.96. The molecule has 0 saturated heterocycles. The van der Waals surface area contributed by atoms with E-state index in [1.165, 1.54) is 11.8 Å². The van der Waals surface area contributed by atoms with Crippen LogP contribution in [0.1, 0.15) is 13.3 Å². The van der Waals surface area contributed by atoms with E-state index < -0.39 is 0 Å². The van der Waals surface area contributed by atoms with Gasteiger partial charge in [-0.25, -0.2) is 4.98 Å². The van der Waals surface area contributed by atoms with Crippen molar-refractivity contribution in [2.24, 2.45) is 0 Å². The van der Waals surface area contributed by atoms with E-state index in [1.54, 1.807) is 13.2 Å². The summed E-state index contributed by atoms with van der Waals surface area (Å²) in [5.74, 6) is 2.72. The Morgan fingerprint density at radius 3 is 2.71 bits per heavy atom. The zero-order chi connectivity index (χ0) is 15.1. The molecule has 0 atom stereocenters. The maximum atomic E-state index is 5.80. The van der Waals surface area contributed by atoms with Gasteiger partial charge >= 0.3 is 0 Å². The lowest BCUT2D eigenvalue weighted by Crippen LogP contribution is -2.04. The van der Waals surface area contributed by atoms with E-state index in [1.807, 2.05) is 30.5 Å². The molecule has 0 unspecified atom stereocenters. The van der Waals surface area contributed by atoms with Gasteiger partial charge in [-0.3, -0.25) is 0 Å². The third-order valence-corrected chi connectivity index (χ3v) is 3.23. The van der Waals surface area contributed by atoms with Crippen molar-refractivity contribution in [3.63, 3.8) is 0 Å². The van der Waals surface area contributed by atoms with Crippen molar-refractivity contribution in [2.75, 3.05) is 25.2 Å². The average Bonchev–Trinajstić information content (AvgIpc) is 2.52. The number of aromatic nitrogens is 2. The molecule has 0 saturated carbocycles. The van der Waals surface area contributed by atoms with Crippen LogP contribution in [0.15, 0.2) is 35.5 Å². The molecule has 1 N–H and O–H groups in total. The topological polar surface area (TPSA) is 56.3 Å². The van der Waals surface area contributed by atoms with Crippen LogP contribution in [-0.4, -0.2) is 29.9 Å². The van der Waals surface area contributed by atoms with Crippen LogP contribution in [-0.2, 0) is 0 Å². The summed E-state index contributed by atoms with van der Waals surface area (Å²) in [5.41, 5.74) is 0. The number of thioether (sulfide) groups is 1. The van der Waals surface area contributed by atoms with Gasteiger partial charge in [-0.05, 0) is 24.8 Å². The van der Waals surface area contributed by atoms with Crippen LogP contribution < -0.4 is 14.8 Å². The van der Waals surface area contributed by atoms with Gasteiger partial charge in [0.15, 0.2) is 5.16 Å². The first kappa shape index (κ1) is 15.4. The van der Waals surface area contributed by atoms with Crippen molar-refractivity contribution in [3.05, 3.63) is 30.3 Å². The summed E-state index contributed by atoms with van der Waals surface area (Å²) in [5, 5.41) is 3.92. The molecule has 6 heteroatoms. The first-order valence-electron chi connectivity index (χ1n) is 6.74. The normalized spacial score (nSPS) is 10.2. The number of hydrogen-bond donors (Lipinski definition) is 1. The zero-order valence-corrected chi connectivity index (χ0v) is 13.2. The molecule has 0 aliphatic rings. The lowest BCUT2D eigenvalue weighted by Gasteiger charge is -2.10. The molecule has 1 aromatic carbocycles. The van der Waals surface area contributed by atoms with Crippen molar-refractivity contribution in [2.45, 2.75) is 18.5 Å². The van der Waals surface area contributed by atoms with Crippen LogP contribution >= 0.6 is 11.8 Å². The minimum atomic E-state index is 0.515. The molecular formula is C15H19N3O2S. The summed E-state index contributed by atoms with van der Waals surface area (Å²) >= 11 is 1.48. The summed E-state index contributed by atoms with van der Waals surface area (Å²) in [7, 11) is 1.63. The number of anilines is 1. The highest BCUT2D eigenvalue weighted by Gasteiger charge is 2.06. The van der Waals surface area contributed by atoms with E-state index in [9.17, 15) is 0 Å². The van der Waals surface area contributed by atoms with Gasteiger partial charge in [0, 0.05) is 18.7 Å². The predicted molar refractivity (Wildman–Crippen MR) is 85.7 cm³/mol. The predicted octanol–water partition coefficient (Wildman–Crippen LogP) is 3.82. The van der Waals surface area contributed by atoms with Gasteiger partial charge in [0.05, 0.1) is 7.11 Å². The number of nitrogens with zero attached hydrogens (tertiary/aromatic N) is 2. The van der Waals surface area contributed by atoms with Crippen LogP contribution in [0.25, 0.3) is 0 Å². The summed E-state index contributed by atoms with van der Waals surface area (Å²) in [4.78, 5) is 8.76. The Labute approximate surface area is 129 Å². The zero-order valence-electron chi connectivity index (χ0n) is 12.4. The van der Waals surface area contributed by atoms with Crippen LogP contribution in [0.3, 0.4) is 0 Å². The minimum absolute atomic E-state index is 0.515. The van der Waals surface area contributed by atoms with E-state index in [4.69, 9.17) is 9.47 Å². The Bertz CT molecular complexity index is 593. The molecule has 112 valence electrons. The molecule has 1 heterocycles. The second kappa shape index (κ2) is 7.73. The minimum Gasteiger partial charge on any atom is -0.497 e. The van der Waals surface area contributed by atoms with Crippen LogP contribution in [0.5, 0.6) is 17.4 Å². The molecule has 0 aliphatic heterocycles. The molecule has 0 radical (unpaired) electrons. The highest BCUT2D eigenvalue weighted by molar-refractivity contribution is 7.98. The third-order valence-electron chi connectivity index (χ3n) is 2.68. The van der Waals surface area contributed by atoms with Gasteiger partial charge in [0.1, 0.15) is 17.3 Å². The van der Waals surface area contributed by atoms with Crippen LogP contribution in [0, 0.1) is 0 Å². The molecule has 5 nitrogen and oxygen atoms in total. The maximum absolute atomic E-state index is 5.80. The Hall–Kier alpha value is -1.95. The quantitative estimate of drug-likeness (QED) is 0.620. The van der Waals surface area contributed by atoms with Gasteiger partial charge in [-0.2, -0.15) is 4.98 Å². The smallest absolute Gasteiger partial charge is 0.225 e. The molecule has 21 heavy (non-hydrogen) atoms. The Kier molecular flexibility index (Phi) is 5.68. The molecule has 0 aliphatic carbocycles. The number of nitrogens with one attached hydrogen (secondary N) is 1. The van der Waals surface area contributed by atoms with Crippen molar-refractivity contribution in [1.82, 2.24) is 9.97 Å². The number of rotatable bonds is 7. The standard InChI is InChI=1S/C15H19N3O2S/c1-4-8-16-13-10-14(18-15(17-13)21-3)20-12-7-5-6-11(9-12)19-2/h5-7,9-10H,4,8H2,1-3H3,(H,16,17,18). The first-order chi connectivity index (χ1) is 10.2. The fraction of sp³-hybridized carbons (Fsp3) is 0.333. The Balaban J connectivity index is 2.21. The lowest BCUT2D eigenvalue weighted by molar-refractivity contribution is 0.406. The monoisotopic (exact) mass is 305 g/mol. The van der Waals surface area contributed by atoms with Gasteiger partial charge in [0.25, 0.3) is 0 Å². The molecule has 2 aromatic rings. The van der Waals surface area contributed by atoms with Crippen molar-refractivity contribution < 1.29 is 9.47 Å². The molecule has 0 fully saturated rings. The number of benzene rings is 1. The molecular weight excluding hydrogens is 286 g/mol. The number of hydrogen-bond acceptors (Lipinski definition) is 6.